The van der Waals surface area contributed by atoms with E-state index < -0.39 is 83.4 Å². The molecule has 2 rings (SSSR count). The number of alkyl halides is 8. The minimum absolute atomic E-state index is 0.111. The Morgan fingerprint density at radius 3 is 1.09 bits per heavy atom. The van der Waals surface area contributed by atoms with Crippen molar-refractivity contribution < 1.29 is 70.0 Å². The van der Waals surface area contributed by atoms with Gasteiger partial charge < -0.3 is 9.47 Å². The van der Waals surface area contributed by atoms with E-state index in [1.807, 2.05) is 0 Å². The van der Waals surface area contributed by atoms with E-state index in [9.17, 15) is 43.2 Å². The average Bonchev–Trinajstić information content (AvgIpc) is 2.99. The molecule has 0 N–H and O–H groups in total. The van der Waals surface area contributed by atoms with Gasteiger partial charge in [-0.25, -0.2) is 8.78 Å². The molecule has 2 atom stereocenters. The monoisotopic (exact) mass is 726 g/mol. The lowest BCUT2D eigenvalue weighted by molar-refractivity contribution is -0.0802. The van der Waals surface area contributed by atoms with Crippen LogP contribution in [0.3, 0.4) is 0 Å². The number of oxime groups is 2. The summed E-state index contributed by atoms with van der Waals surface area (Å²) in [5.74, 6) is -4.82. The first-order chi connectivity index (χ1) is 21.4. The standard InChI is InChI=1S/C27H30F8N2O8S2/c1-7-23(3,46(38,39)44-36-21(25(28,29)30)17-9-13-19(42-5)14-10-17)27(34,35)24(4,8-2)47(40,41)45-37-22(26(31,32)33)18-11-15-20(43-6)16-12-18/h9-16H,7-8H2,1-6H3/b36-21-,37-22-. The molecule has 0 bridgehead atoms. The highest BCUT2D eigenvalue weighted by molar-refractivity contribution is 7.89. The predicted molar refractivity (Wildman–Crippen MR) is 154 cm³/mol. The Labute approximate surface area is 265 Å². The quantitative estimate of drug-likeness (QED) is 0.121. The minimum atomic E-state index is -5.97. The maximum Gasteiger partial charge on any atom is 0.437 e. The third-order valence-electron chi connectivity index (χ3n) is 7.50. The van der Waals surface area contributed by atoms with Crippen molar-refractivity contribution in [1.29, 1.82) is 0 Å². The topological polar surface area (TPSA) is 130 Å². The first kappa shape index (κ1) is 39.5. The lowest BCUT2D eigenvalue weighted by atomic mass is 9.87. The Bertz CT molecular complexity index is 1550. The van der Waals surface area contributed by atoms with E-state index in [-0.39, 0.29) is 25.3 Å². The summed E-state index contributed by atoms with van der Waals surface area (Å²) >= 11 is 0. The molecule has 0 aliphatic carbocycles. The molecule has 264 valence electrons. The summed E-state index contributed by atoms with van der Waals surface area (Å²) in [7, 11) is -9.52. The van der Waals surface area contributed by atoms with Crippen LogP contribution in [0, 0.1) is 0 Å². The van der Waals surface area contributed by atoms with Crippen molar-refractivity contribution in [2.24, 2.45) is 10.3 Å². The fourth-order valence-electron chi connectivity index (χ4n) is 4.04. The molecular formula is C27H30F8N2O8S2. The Hall–Kier alpha value is -3.68. The molecule has 2 unspecified atom stereocenters. The highest BCUT2D eigenvalue weighted by Crippen LogP contribution is 2.51. The molecular weight excluding hydrogens is 696 g/mol. The minimum Gasteiger partial charge on any atom is -0.497 e. The fourth-order valence-corrected chi connectivity index (χ4v) is 6.57. The van der Waals surface area contributed by atoms with Crippen LogP contribution in [-0.2, 0) is 28.8 Å². The molecule has 0 aromatic heterocycles. The van der Waals surface area contributed by atoms with Crippen molar-refractivity contribution in [3.8, 4) is 11.5 Å². The van der Waals surface area contributed by atoms with Crippen molar-refractivity contribution in [2.75, 3.05) is 14.2 Å². The maximum absolute atomic E-state index is 16.4. The van der Waals surface area contributed by atoms with E-state index in [2.05, 4.69) is 18.9 Å². The highest BCUT2D eigenvalue weighted by atomic mass is 32.2. The summed E-state index contributed by atoms with van der Waals surface area (Å²) in [6, 6.07) is 7.57. The number of hydrogen-bond acceptors (Lipinski definition) is 10. The van der Waals surface area contributed by atoms with E-state index in [0.717, 1.165) is 62.4 Å². The average molecular weight is 727 g/mol. The second kappa shape index (κ2) is 13.8. The number of nitrogens with zero attached hydrogens (tertiary/aromatic N) is 2. The molecule has 0 aliphatic heterocycles. The van der Waals surface area contributed by atoms with E-state index in [1.54, 1.807) is 0 Å². The van der Waals surface area contributed by atoms with Crippen LogP contribution in [0.2, 0.25) is 0 Å². The van der Waals surface area contributed by atoms with Gasteiger partial charge in [-0.05, 0) is 75.2 Å². The molecule has 0 saturated carbocycles. The molecule has 0 aliphatic rings. The number of halogens is 8. The van der Waals surface area contributed by atoms with Gasteiger partial charge in [0.05, 0.1) is 14.2 Å². The number of methoxy groups -OCH3 is 2. The van der Waals surface area contributed by atoms with Crippen LogP contribution < -0.4 is 9.47 Å². The van der Waals surface area contributed by atoms with Crippen molar-refractivity contribution in [3.05, 3.63) is 59.7 Å². The lowest BCUT2D eigenvalue weighted by Crippen LogP contribution is -2.65. The normalized spacial score (nSPS) is 16.6. The summed E-state index contributed by atoms with van der Waals surface area (Å²) in [4.78, 5) is 0. The van der Waals surface area contributed by atoms with Crippen LogP contribution >= 0.6 is 0 Å². The first-order valence-electron chi connectivity index (χ1n) is 13.2. The summed E-state index contributed by atoms with van der Waals surface area (Å²) in [6.45, 7) is 2.23. The van der Waals surface area contributed by atoms with Gasteiger partial charge in [0.1, 0.15) is 11.5 Å². The summed E-state index contributed by atoms with van der Waals surface area (Å²) in [5.41, 5.74) is -5.40. The van der Waals surface area contributed by atoms with Crippen LogP contribution in [0.25, 0.3) is 0 Å². The maximum atomic E-state index is 16.4. The molecule has 47 heavy (non-hydrogen) atoms. The number of benzene rings is 2. The molecule has 2 aromatic carbocycles. The van der Waals surface area contributed by atoms with E-state index in [4.69, 9.17) is 9.47 Å². The van der Waals surface area contributed by atoms with Gasteiger partial charge in [-0.15, -0.1) is 0 Å². The first-order valence-corrected chi connectivity index (χ1v) is 16.0. The van der Waals surface area contributed by atoms with Crippen LogP contribution in [0.5, 0.6) is 11.5 Å². The summed E-state index contributed by atoms with van der Waals surface area (Å²) in [5, 5.41) is 5.23. The van der Waals surface area contributed by atoms with Crippen molar-refractivity contribution in [1.82, 2.24) is 0 Å². The third-order valence-corrected chi connectivity index (χ3v) is 11.3. The van der Waals surface area contributed by atoms with Crippen molar-refractivity contribution >= 4 is 31.7 Å². The van der Waals surface area contributed by atoms with Gasteiger partial charge in [-0.3, -0.25) is 8.57 Å². The smallest absolute Gasteiger partial charge is 0.437 e. The molecule has 0 radical (unpaired) electrons. The molecule has 20 heteroatoms. The molecule has 2 aromatic rings. The van der Waals surface area contributed by atoms with Gasteiger partial charge in [-0.1, -0.05) is 24.2 Å². The molecule has 0 amide bonds. The fraction of sp³-hybridized carbons (Fsp3) is 0.481. The summed E-state index contributed by atoms with van der Waals surface area (Å²) in [6.07, 6.45) is -13.1. The molecule has 10 nitrogen and oxygen atoms in total. The van der Waals surface area contributed by atoms with Crippen LogP contribution in [0.15, 0.2) is 58.8 Å². The van der Waals surface area contributed by atoms with E-state index in [0.29, 0.717) is 0 Å². The van der Waals surface area contributed by atoms with Gasteiger partial charge in [0.25, 0.3) is 5.92 Å². The third kappa shape index (κ3) is 7.73. The second-order valence-electron chi connectivity index (χ2n) is 10.1. The van der Waals surface area contributed by atoms with E-state index in [1.165, 1.54) is 14.2 Å². The van der Waals surface area contributed by atoms with Crippen LogP contribution in [0.4, 0.5) is 35.1 Å². The van der Waals surface area contributed by atoms with Crippen LogP contribution in [0.1, 0.15) is 51.7 Å². The summed E-state index contributed by atoms with van der Waals surface area (Å²) < 4.78 is 179. The number of rotatable bonds is 14. The zero-order valence-corrected chi connectivity index (χ0v) is 27.2. The SMILES string of the molecule is CCC(C)(C(F)(F)C(C)(CC)S(=O)(=O)O/N=C(/c1ccc(OC)cc1)C(F)(F)F)S(=O)(=O)O/N=C(/c1ccc(OC)cc1)C(F)(F)F. The molecule has 0 fully saturated rings. The van der Waals surface area contributed by atoms with Gasteiger partial charge in [0.15, 0.2) is 20.9 Å². The largest absolute Gasteiger partial charge is 0.497 e. The molecule has 0 heterocycles. The number of hydrogen-bond donors (Lipinski definition) is 0. The zero-order valence-electron chi connectivity index (χ0n) is 25.5. The van der Waals surface area contributed by atoms with Gasteiger partial charge >= 0.3 is 32.6 Å². The van der Waals surface area contributed by atoms with Crippen LogP contribution in [-0.4, -0.2) is 70.2 Å². The Morgan fingerprint density at radius 1 is 0.596 bits per heavy atom. The molecule has 0 saturated heterocycles. The highest BCUT2D eigenvalue weighted by Gasteiger charge is 2.73. The van der Waals surface area contributed by atoms with Crippen molar-refractivity contribution in [2.45, 2.75) is 68.3 Å². The Kier molecular flexibility index (Phi) is 11.6. The molecule has 0 spiro atoms. The lowest BCUT2D eigenvalue weighted by Gasteiger charge is -2.43. The Balaban J connectivity index is 2.63. The zero-order chi connectivity index (χ0) is 36.3. The van der Waals surface area contributed by atoms with Gasteiger partial charge in [-0.2, -0.15) is 43.2 Å². The van der Waals surface area contributed by atoms with Crippen molar-refractivity contribution in [3.63, 3.8) is 0 Å². The van der Waals surface area contributed by atoms with E-state index >= 15 is 8.78 Å². The number of ether oxygens (including phenoxy) is 2. The van der Waals surface area contributed by atoms with Gasteiger partial charge in [0, 0.05) is 11.1 Å². The Morgan fingerprint density at radius 2 is 0.872 bits per heavy atom. The van der Waals surface area contributed by atoms with Gasteiger partial charge in [0.2, 0.25) is 0 Å². The second-order valence-corrected chi connectivity index (χ2v) is 14.0. The predicted octanol–water partition coefficient (Wildman–Crippen LogP) is 6.60.